The van der Waals surface area contributed by atoms with Gasteiger partial charge in [0.2, 0.25) is 0 Å². The molecule has 3 aromatic carbocycles. The van der Waals surface area contributed by atoms with Gasteiger partial charge < -0.3 is 5.11 Å². The summed E-state index contributed by atoms with van der Waals surface area (Å²) in [4.78, 5) is 12.4. The molecule has 7 heteroatoms. The number of nitro benzene ring substituents is 1. The molecule has 5 nitrogen and oxygen atoms in total. The molecule has 28 heavy (non-hydrogen) atoms. The van der Waals surface area contributed by atoms with E-state index in [0.717, 1.165) is 17.7 Å². The Balaban J connectivity index is 1.89. The van der Waals surface area contributed by atoms with Crippen molar-refractivity contribution in [3.05, 3.63) is 104 Å². The molecule has 144 valence electrons. The third kappa shape index (κ3) is 5.06. The third-order valence-corrected chi connectivity index (χ3v) is 4.59. The standard InChI is InChI=1S/C21H18ClFN2O3/c22-18-7-5-15(6-8-18)12-24(13-16-3-1-2-4-21(16)26)14-17-11-19(25(27)28)9-10-20(17)23/h1-11,26H,12-14H2. The summed E-state index contributed by atoms with van der Waals surface area (Å²) < 4.78 is 14.3. The fourth-order valence-corrected chi connectivity index (χ4v) is 3.06. The summed E-state index contributed by atoms with van der Waals surface area (Å²) in [6.45, 7) is 0.940. The molecule has 3 aromatic rings. The number of phenols is 1. The number of hydrogen-bond acceptors (Lipinski definition) is 4. The van der Waals surface area contributed by atoms with Crippen LogP contribution in [-0.4, -0.2) is 14.9 Å². The molecule has 0 saturated heterocycles. The van der Waals surface area contributed by atoms with Gasteiger partial charge in [-0.25, -0.2) is 4.39 Å². The van der Waals surface area contributed by atoms with Crippen molar-refractivity contribution in [3.8, 4) is 5.75 Å². The number of nitrogens with zero attached hydrogens (tertiary/aromatic N) is 2. The Hall–Kier alpha value is -2.96. The summed E-state index contributed by atoms with van der Waals surface area (Å²) in [7, 11) is 0. The quantitative estimate of drug-likeness (QED) is 0.432. The Morgan fingerprint density at radius 1 is 0.964 bits per heavy atom. The molecule has 0 atom stereocenters. The van der Waals surface area contributed by atoms with Crippen LogP contribution in [0.25, 0.3) is 0 Å². The van der Waals surface area contributed by atoms with Crippen LogP contribution >= 0.6 is 11.6 Å². The molecule has 0 aliphatic heterocycles. The van der Waals surface area contributed by atoms with Crippen LogP contribution in [0, 0.1) is 15.9 Å². The number of hydrogen-bond donors (Lipinski definition) is 1. The molecule has 0 aromatic heterocycles. The first-order valence-corrected chi connectivity index (χ1v) is 8.96. The minimum atomic E-state index is -0.546. The van der Waals surface area contributed by atoms with Gasteiger partial charge in [-0.15, -0.1) is 0 Å². The second-order valence-electron chi connectivity index (χ2n) is 6.43. The Morgan fingerprint density at radius 3 is 2.32 bits per heavy atom. The van der Waals surface area contributed by atoms with Gasteiger partial charge in [-0.1, -0.05) is 41.9 Å². The lowest BCUT2D eigenvalue weighted by atomic mass is 10.1. The lowest BCUT2D eigenvalue weighted by Crippen LogP contribution is -2.23. The van der Waals surface area contributed by atoms with Crippen molar-refractivity contribution in [3.63, 3.8) is 0 Å². The van der Waals surface area contributed by atoms with E-state index in [1.54, 1.807) is 30.3 Å². The van der Waals surface area contributed by atoms with Crippen LogP contribution in [0.4, 0.5) is 10.1 Å². The highest BCUT2D eigenvalue weighted by Gasteiger charge is 2.16. The van der Waals surface area contributed by atoms with Gasteiger partial charge in [0.05, 0.1) is 4.92 Å². The van der Waals surface area contributed by atoms with Crippen LogP contribution < -0.4 is 0 Å². The fraction of sp³-hybridized carbons (Fsp3) is 0.143. The Kier molecular flexibility index (Phi) is 6.23. The maximum Gasteiger partial charge on any atom is 0.269 e. The minimum absolute atomic E-state index is 0.142. The molecule has 0 bridgehead atoms. The lowest BCUT2D eigenvalue weighted by Gasteiger charge is -2.23. The largest absolute Gasteiger partial charge is 0.508 e. The number of rotatable bonds is 7. The van der Waals surface area contributed by atoms with Crippen LogP contribution in [0.1, 0.15) is 16.7 Å². The normalized spacial score (nSPS) is 11.0. The molecule has 0 unspecified atom stereocenters. The first-order valence-electron chi connectivity index (χ1n) is 8.59. The van der Waals surface area contributed by atoms with E-state index in [1.807, 2.05) is 23.1 Å². The maximum atomic E-state index is 14.3. The second-order valence-corrected chi connectivity index (χ2v) is 6.87. The first kappa shape index (κ1) is 19.8. The van der Waals surface area contributed by atoms with Crippen molar-refractivity contribution in [2.45, 2.75) is 19.6 Å². The van der Waals surface area contributed by atoms with E-state index >= 15 is 0 Å². The Labute approximate surface area is 166 Å². The summed E-state index contributed by atoms with van der Waals surface area (Å²) in [5.74, 6) is -0.368. The molecule has 0 heterocycles. The molecular weight excluding hydrogens is 383 g/mol. The third-order valence-electron chi connectivity index (χ3n) is 4.34. The van der Waals surface area contributed by atoms with Crippen molar-refractivity contribution in [2.24, 2.45) is 0 Å². The van der Waals surface area contributed by atoms with E-state index in [2.05, 4.69) is 0 Å². The zero-order valence-electron chi connectivity index (χ0n) is 14.9. The predicted molar refractivity (Wildman–Crippen MR) is 106 cm³/mol. The highest BCUT2D eigenvalue weighted by molar-refractivity contribution is 6.30. The molecule has 0 aliphatic rings. The van der Waals surface area contributed by atoms with Gasteiger partial charge in [0.25, 0.3) is 5.69 Å². The first-order chi connectivity index (χ1) is 13.4. The number of nitro groups is 1. The summed E-state index contributed by atoms with van der Waals surface area (Å²) in [6, 6.07) is 17.7. The SMILES string of the molecule is O=[N+]([O-])c1ccc(F)c(CN(Cc2ccc(Cl)cc2)Cc2ccccc2O)c1. The smallest absolute Gasteiger partial charge is 0.269 e. The topological polar surface area (TPSA) is 66.6 Å². The van der Waals surface area contributed by atoms with E-state index in [0.29, 0.717) is 23.7 Å². The lowest BCUT2D eigenvalue weighted by molar-refractivity contribution is -0.385. The van der Waals surface area contributed by atoms with E-state index in [1.165, 1.54) is 6.07 Å². The van der Waals surface area contributed by atoms with Gasteiger partial charge in [-0.3, -0.25) is 15.0 Å². The molecule has 0 spiro atoms. The van der Waals surface area contributed by atoms with Crippen LogP contribution in [0.15, 0.2) is 66.7 Å². The molecule has 0 aliphatic carbocycles. The van der Waals surface area contributed by atoms with E-state index in [9.17, 15) is 19.6 Å². The van der Waals surface area contributed by atoms with Gasteiger partial charge in [0.1, 0.15) is 11.6 Å². The number of aromatic hydroxyl groups is 1. The summed E-state index contributed by atoms with van der Waals surface area (Å²) >= 11 is 5.94. The molecule has 0 fully saturated rings. The molecule has 3 rings (SSSR count). The number of non-ortho nitro benzene ring substituents is 1. The number of halogens is 2. The predicted octanol–water partition coefficient (Wildman–Crippen LogP) is 5.30. The molecule has 0 radical (unpaired) electrons. The zero-order chi connectivity index (χ0) is 20.1. The molecule has 1 N–H and O–H groups in total. The van der Waals surface area contributed by atoms with Crippen LogP contribution in [0.2, 0.25) is 5.02 Å². The summed E-state index contributed by atoms with van der Waals surface area (Å²) in [5.41, 5.74) is 1.69. The van der Waals surface area contributed by atoms with Crippen molar-refractivity contribution >= 4 is 17.3 Å². The van der Waals surface area contributed by atoms with Crippen molar-refractivity contribution in [1.82, 2.24) is 4.90 Å². The minimum Gasteiger partial charge on any atom is -0.508 e. The summed E-state index contributed by atoms with van der Waals surface area (Å²) in [5, 5.41) is 21.7. The summed E-state index contributed by atoms with van der Waals surface area (Å²) in [6.07, 6.45) is 0. The van der Waals surface area contributed by atoms with Gasteiger partial charge in [0, 0.05) is 47.9 Å². The molecular formula is C21H18ClFN2O3. The van der Waals surface area contributed by atoms with Crippen molar-refractivity contribution in [2.75, 3.05) is 0 Å². The Morgan fingerprint density at radius 2 is 1.64 bits per heavy atom. The highest BCUT2D eigenvalue weighted by Crippen LogP contribution is 2.24. The number of phenolic OH excluding ortho intramolecular Hbond substituents is 1. The van der Waals surface area contributed by atoms with E-state index in [4.69, 9.17) is 11.6 Å². The molecule has 0 amide bonds. The van der Waals surface area contributed by atoms with Crippen molar-refractivity contribution in [1.29, 1.82) is 0 Å². The number of para-hydroxylation sites is 1. The van der Waals surface area contributed by atoms with Crippen LogP contribution in [0.5, 0.6) is 5.75 Å². The second kappa shape index (κ2) is 8.82. The van der Waals surface area contributed by atoms with E-state index < -0.39 is 10.7 Å². The van der Waals surface area contributed by atoms with Crippen LogP contribution in [-0.2, 0) is 19.6 Å². The van der Waals surface area contributed by atoms with E-state index in [-0.39, 0.29) is 23.5 Å². The van der Waals surface area contributed by atoms with Gasteiger partial charge in [-0.05, 0) is 29.8 Å². The average molecular weight is 401 g/mol. The van der Waals surface area contributed by atoms with Gasteiger partial charge in [0.15, 0.2) is 0 Å². The van der Waals surface area contributed by atoms with Gasteiger partial charge in [-0.2, -0.15) is 0 Å². The van der Waals surface area contributed by atoms with Gasteiger partial charge >= 0.3 is 0 Å². The number of benzene rings is 3. The zero-order valence-corrected chi connectivity index (χ0v) is 15.6. The highest BCUT2D eigenvalue weighted by atomic mass is 35.5. The monoisotopic (exact) mass is 400 g/mol. The van der Waals surface area contributed by atoms with Crippen molar-refractivity contribution < 1.29 is 14.4 Å². The van der Waals surface area contributed by atoms with Crippen LogP contribution in [0.3, 0.4) is 0 Å². The average Bonchev–Trinajstić information content (AvgIpc) is 2.67. The fourth-order valence-electron chi connectivity index (χ4n) is 2.94. The molecule has 0 saturated carbocycles. The Bertz CT molecular complexity index is 980. The maximum absolute atomic E-state index is 14.3.